The highest BCUT2D eigenvalue weighted by Crippen LogP contribution is 2.22. The van der Waals surface area contributed by atoms with E-state index in [2.05, 4.69) is 10.3 Å². The van der Waals surface area contributed by atoms with Crippen molar-refractivity contribution in [2.24, 2.45) is 0 Å². The molecule has 120 valence electrons. The second-order valence-electron chi connectivity index (χ2n) is 5.97. The lowest BCUT2D eigenvalue weighted by atomic mass is 9.98. The molecular weight excluding hydrogens is 280 g/mol. The number of carbonyl (C=O) groups is 1. The summed E-state index contributed by atoms with van der Waals surface area (Å²) in [7, 11) is 1.59. The van der Waals surface area contributed by atoms with Crippen LogP contribution in [0.25, 0.3) is 10.9 Å². The Kier molecular flexibility index (Phi) is 5.21. The molecule has 0 aliphatic heterocycles. The van der Waals surface area contributed by atoms with Gasteiger partial charge in [0.25, 0.3) is 0 Å². The number of para-hydroxylation sites is 1. The molecule has 1 aromatic carbocycles. The van der Waals surface area contributed by atoms with Gasteiger partial charge < -0.3 is 20.1 Å². The summed E-state index contributed by atoms with van der Waals surface area (Å²) in [5, 5.41) is 13.2. The van der Waals surface area contributed by atoms with Crippen LogP contribution in [0, 0.1) is 6.92 Å². The Morgan fingerprint density at radius 1 is 1.41 bits per heavy atom. The number of benzene rings is 1. The number of carbonyl (C=O) groups excluding carboxylic acids is 1. The molecule has 2 aromatic rings. The van der Waals surface area contributed by atoms with Crippen LogP contribution in [0.3, 0.4) is 0 Å². The summed E-state index contributed by atoms with van der Waals surface area (Å²) in [5.41, 5.74) is 2.50. The fourth-order valence-electron chi connectivity index (χ4n) is 2.84. The molecule has 1 heterocycles. The van der Waals surface area contributed by atoms with E-state index in [-0.39, 0.29) is 12.5 Å². The fraction of sp³-hybridized carbons (Fsp3) is 0.471. The van der Waals surface area contributed by atoms with E-state index in [1.165, 1.54) is 0 Å². The maximum absolute atomic E-state index is 12.4. The maximum Gasteiger partial charge on any atom is 0.225 e. The van der Waals surface area contributed by atoms with Crippen molar-refractivity contribution < 1.29 is 14.6 Å². The summed E-state index contributed by atoms with van der Waals surface area (Å²) in [4.78, 5) is 15.7. The largest absolute Gasteiger partial charge is 0.396 e. The van der Waals surface area contributed by atoms with Gasteiger partial charge in [-0.15, -0.1) is 0 Å². The van der Waals surface area contributed by atoms with Crippen molar-refractivity contribution in [3.63, 3.8) is 0 Å². The number of rotatable bonds is 7. The van der Waals surface area contributed by atoms with Crippen molar-refractivity contribution in [2.45, 2.75) is 32.2 Å². The van der Waals surface area contributed by atoms with Crippen LogP contribution < -0.4 is 5.32 Å². The van der Waals surface area contributed by atoms with E-state index in [1.54, 1.807) is 7.11 Å². The van der Waals surface area contributed by atoms with Crippen LogP contribution in [0.1, 0.15) is 24.6 Å². The number of aliphatic hydroxyl groups is 1. The Labute approximate surface area is 130 Å². The van der Waals surface area contributed by atoms with Gasteiger partial charge in [-0.05, 0) is 31.9 Å². The van der Waals surface area contributed by atoms with Crippen molar-refractivity contribution in [3.8, 4) is 0 Å². The van der Waals surface area contributed by atoms with E-state index in [9.17, 15) is 9.90 Å². The molecule has 5 nitrogen and oxygen atoms in total. The first-order valence-corrected chi connectivity index (χ1v) is 7.46. The van der Waals surface area contributed by atoms with Crippen LogP contribution in [-0.2, 0) is 16.0 Å². The van der Waals surface area contributed by atoms with E-state index in [0.717, 1.165) is 22.2 Å². The lowest BCUT2D eigenvalue weighted by Gasteiger charge is -2.29. The lowest BCUT2D eigenvalue weighted by Crippen LogP contribution is -2.50. The van der Waals surface area contributed by atoms with Gasteiger partial charge in [-0.1, -0.05) is 18.2 Å². The third-order valence-electron chi connectivity index (χ3n) is 3.93. The molecule has 0 radical (unpaired) electrons. The summed E-state index contributed by atoms with van der Waals surface area (Å²) in [5.74, 6) is -0.0687. The SMILES string of the molecule is COCC(C)(CCO)NC(=O)Cc1c(C)[nH]c2ccccc12. The molecule has 0 aliphatic carbocycles. The van der Waals surface area contributed by atoms with E-state index in [0.29, 0.717) is 19.4 Å². The van der Waals surface area contributed by atoms with Gasteiger partial charge >= 0.3 is 0 Å². The monoisotopic (exact) mass is 304 g/mol. The van der Waals surface area contributed by atoms with E-state index in [1.807, 2.05) is 38.1 Å². The number of aliphatic hydroxyl groups excluding tert-OH is 1. The summed E-state index contributed by atoms with van der Waals surface area (Å²) >= 11 is 0. The molecule has 0 bridgehead atoms. The first-order valence-electron chi connectivity index (χ1n) is 7.46. The summed E-state index contributed by atoms with van der Waals surface area (Å²) in [6.45, 7) is 4.23. The minimum absolute atomic E-state index is 0.00620. The quantitative estimate of drug-likeness (QED) is 0.731. The van der Waals surface area contributed by atoms with Crippen LogP contribution in [0.2, 0.25) is 0 Å². The zero-order valence-electron chi connectivity index (χ0n) is 13.4. The van der Waals surface area contributed by atoms with Crippen molar-refractivity contribution in [2.75, 3.05) is 20.3 Å². The van der Waals surface area contributed by atoms with Gasteiger partial charge in [0.2, 0.25) is 5.91 Å². The first kappa shape index (κ1) is 16.5. The summed E-state index contributed by atoms with van der Waals surface area (Å²) in [6.07, 6.45) is 0.764. The van der Waals surface area contributed by atoms with E-state index < -0.39 is 5.54 Å². The number of nitrogens with one attached hydrogen (secondary N) is 2. The number of aromatic nitrogens is 1. The number of methoxy groups -OCH3 is 1. The number of amides is 1. The molecule has 0 saturated carbocycles. The second kappa shape index (κ2) is 6.94. The van der Waals surface area contributed by atoms with Gasteiger partial charge in [0.15, 0.2) is 0 Å². The molecule has 0 aliphatic rings. The standard InChI is InChI=1S/C17H24N2O3/c1-12-14(13-6-4-5-7-15(13)18-12)10-16(21)19-17(2,8-9-20)11-22-3/h4-7,18,20H,8-11H2,1-3H3,(H,19,21). The second-order valence-corrected chi connectivity index (χ2v) is 5.97. The highest BCUT2D eigenvalue weighted by atomic mass is 16.5. The van der Waals surface area contributed by atoms with Gasteiger partial charge in [-0.3, -0.25) is 4.79 Å². The van der Waals surface area contributed by atoms with Gasteiger partial charge in [0.1, 0.15) is 0 Å². The predicted octanol–water partition coefficient (Wildman–Crippen LogP) is 1.92. The molecule has 1 amide bonds. The zero-order chi connectivity index (χ0) is 16.2. The normalized spacial score (nSPS) is 14.0. The molecule has 1 atom stereocenters. The van der Waals surface area contributed by atoms with Crippen LogP contribution in [0.5, 0.6) is 0 Å². The van der Waals surface area contributed by atoms with E-state index in [4.69, 9.17) is 4.74 Å². The van der Waals surface area contributed by atoms with Crippen molar-refractivity contribution in [3.05, 3.63) is 35.5 Å². The Hall–Kier alpha value is -1.85. The lowest BCUT2D eigenvalue weighted by molar-refractivity contribution is -0.123. The zero-order valence-corrected chi connectivity index (χ0v) is 13.4. The molecule has 0 fully saturated rings. The average molecular weight is 304 g/mol. The third kappa shape index (κ3) is 3.67. The number of fused-ring (bicyclic) bond motifs is 1. The summed E-state index contributed by atoms with van der Waals surface area (Å²) in [6, 6.07) is 7.96. The van der Waals surface area contributed by atoms with Gasteiger partial charge in [0, 0.05) is 30.3 Å². The molecule has 2 rings (SSSR count). The Morgan fingerprint density at radius 2 is 2.14 bits per heavy atom. The number of hydrogen-bond acceptors (Lipinski definition) is 3. The van der Waals surface area contributed by atoms with E-state index >= 15 is 0 Å². The summed E-state index contributed by atoms with van der Waals surface area (Å²) < 4.78 is 5.16. The van der Waals surface area contributed by atoms with Crippen LogP contribution >= 0.6 is 0 Å². The maximum atomic E-state index is 12.4. The van der Waals surface area contributed by atoms with Gasteiger partial charge in [0.05, 0.1) is 18.6 Å². The molecule has 1 unspecified atom stereocenters. The number of H-pyrrole nitrogens is 1. The molecule has 0 saturated heterocycles. The Bertz CT molecular complexity index is 642. The highest BCUT2D eigenvalue weighted by Gasteiger charge is 2.26. The van der Waals surface area contributed by atoms with Crippen LogP contribution in [0.4, 0.5) is 0 Å². The molecule has 0 spiro atoms. The third-order valence-corrected chi connectivity index (χ3v) is 3.93. The first-order chi connectivity index (χ1) is 10.5. The molecule has 5 heteroatoms. The Morgan fingerprint density at radius 3 is 2.82 bits per heavy atom. The van der Waals surface area contributed by atoms with Crippen molar-refractivity contribution >= 4 is 16.8 Å². The molecule has 22 heavy (non-hydrogen) atoms. The Balaban J connectivity index is 2.15. The van der Waals surface area contributed by atoms with Crippen LogP contribution in [0.15, 0.2) is 24.3 Å². The average Bonchev–Trinajstić information content (AvgIpc) is 2.75. The molecule has 1 aromatic heterocycles. The highest BCUT2D eigenvalue weighted by molar-refractivity contribution is 5.90. The van der Waals surface area contributed by atoms with Crippen LogP contribution in [-0.4, -0.2) is 41.9 Å². The molecule has 3 N–H and O–H groups in total. The fourth-order valence-corrected chi connectivity index (χ4v) is 2.84. The predicted molar refractivity (Wildman–Crippen MR) is 86.9 cm³/mol. The van der Waals surface area contributed by atoms with Gasteiger partial charge in [-0.2, -0.15) is 0 Å². The smallest absolute Gasteiger partial charge is 0.225 e. The minimum Gasteiger partial charge on any atom is -0.396 e. The number of hydrogen-bond donors (Lipinski definition) is 3. The van der Waals surface area contributed by atoms with Crippen molar-refractivity contribution in [1.29, 1.82) is 0 Å². The minimum atomic E-state index is -0.555. The number of aromatic amines is 1. The number of ether oxygens (including phenoxy) is 1. The van der Waals surface area contributed by atoms with Gasteiger partial charge in [-0.25, -0.2) is 0 Å². The number of aryl methyl sites for hydroxylation is 1. The van der Waals surface area contributed by atoms with Crippen molar-refractivity contribution in [1.82, 2.24) is 10.3 Å². The molecular formula is C17H24N2O3. The topological polar surface area (TPSA) is 74.3 Å².